The number of nitrogens with one attached hydrogen (secondary N) is 2. The Hall–Kier alpha value is -2.37. The molecule has 0 fully saturated rings. The van der Waals surface area contributed by atoms with Gasteiger partial charge in [0.2, 0.25) is 0 Å². The summed E-state index contributed by atoms with van der Waals surface area (Å²) in [6.07, 6.45) is 3.74. The van der Waals surface area contributed by atoms with Gasteiger partial charge in [0.05, 0.1) is 0 Å². The first kappa shape index (κ1) is 19.9. The monoisotopic (exact) mass is 356 g/mol. The zero-order valence-corrected chi connectivity index (χ0v) is 16.7. The summed E-state index contributed by atoms with van der Waals surface area (Å²) in [5.74, 6) is 1.82. The Balaban J connectivity index is 1.85. The third kappa shape index (κ3) is 5.31. The van der Waals surface area contributed by atoms with Gasteiger partial charge in [-0.05, 0) is 17.5 Å². The Morgan fingerprint density at radius 1 is 1.12 bits per heavy atom. The van der Waals surface area contributed by atoms with Gasteiger partial charge in [-0.2, -0.15) is 0 Å². The molecule has 0 spiro atoms. The number of aliphatic imine (C=N–C) groups is 1. The van der Waals surface area contributed by atoms with Gasteiger partial charge in [0.25, 0.3) is 0 Å². The third-order valence-electron chi connectivity index (χ3n) is 4.72. The molecule has 0 aliphatic heterocycles. The Kier molecular flexibility index (Phi) is 7.18. The minimum Gasteiger partial charge on any atom is -0.356 e. The highest BCUT2D eigenvalue weighted by Crippen LogP contribution is 2.22. The van der Waals surface area contributed by atoms with E-state index in [1.54, 1.807) is 13.4 Å². The van der Waals surface area contributed by atoms with Crippen LogP contribution in [0.5, 0.6) is 0 Å². The molecule has 0 radical (unpaired) electrons. The van der Waals surface area contributed by atoms with Crippen LogP contribution in [0, 0.1) is 0 Å². The quantitative estimate of drug-likeness (QED) is 0.563. The fourth-order valence-corrected chi connectivity index (χ4v) is 2.85. The molecule has 0 atom stereocenters. The summed E-state index contributed by atoms with van der Waals surface area (Å²) in [5.41, 5.74) is 2.72. The van der Waals surface area contributed by atoms with Gasteiger partial charge in [0, 0.05) is 38.5 Å². The van der Waals surface area contributed by atoms with Gasteiger partial charge in [-0.1, -0.05) is 52.0 Å². The molecule has 142 valence electrons. The molecule has 0 aliphatic rings. The molecule has 1 aromatic heterocycles. The first-order valence-electron chi connectivity index (χ1n) is 9.40. The van der Waals surface area contributed by atoms with Crippen molar-refractivity contribution in [3.05, 3.63) is 47.5 Å². The van der Waals surface area contributed by atoms with Gasteiger partial charge in [0.15, 0.2) is 5.96 Å². The maximum atomic E-state index is 4.33. The standard InChI is InChI=1S/C20H32N6/c1-6-16-8-10-17(11-9-16)20(3,4)14-23-19(21-5)22-12-13-26-15-24-25-18(26)7-2/h8-11,15H,6-7,12-14H2,1-5H3,(H2,21,22,23). The van der Waals surface area contributed by atoms with E-state index in [9.17, 15) is 0 Å². The number of aryl methyl sites for hydroxylation is 2. The number of guanidine groups is 1. The first-order valence-corrected chi connectivity index (χ1v) is 9.40. The lowest BCUT2D eigenvalue weighted by atomic mass is 9.84. The van der Waals surface area contributed by atoms with Crippen molar-refractivity contribution >= 4 is 5.96 Å². The number of nitrogens with zero attached hydrogens (tertiary/aromatic N) is 4. The maximum Gasteiger partial charge on any atom is 0.191 e. The predicted molar refractivity (Wildman–Crippen MR) is 108 cm³/mol. The zero-order chi connectivity index (χ0) is 19.0. The van der Waals surface area contributed by atoms with Gasteiger partial charge in [0.1, 0.15) is 12.2 Å². The van der Waals surface area contributed by atoms with Crippen LogP contribution in [0.2, 0.25) is 0 Å². The predicted octanol–water partition coefficient (Wildman–Crippen LogP) is 2.55. The third-order valence-corrected chi connectivity index (χ3v) is 4.72. The smallest absolute Gasteiger partial charge is 0.191 e. The molecule has 26 heavy (non-hydrogen) atoms. The van der Waals surface area contributed by atoms with Gasteiger partial charge in [-0.3, -0.25) is 4.99 Å². The lowest BCUT2D eigenvalue weighted by Crippen LogP contribution is -2.44. The highest BCUT2D eigenvalue weighted by molar-refractivity contribution is 5.79. The minimum absolute atomic E-state index is 0.0214. The van der Waals surface area contributed by atoms with Crippen LogP contribution in [0.1, 0.15) is 44.6 Å². The van der Waals surface area contributed by atoms with Gasteiger partial charge < -0.3 is 15.2 Å². The average Bonchev–Trinajstić information content (AvgIpc) is 3.12. The van der Waals surface area contributed by atoms with Gasteiger partial charge in [-0.15, -0.1) is 10.2 Å². The van der Waals surface area contributed by atoms with Crippen molar-refractivity contribution in [1.29, 1.82) is 0 Å². The molecule has 6 heteroatoms. The molecule has 6 nitrogen and oxygen atoms in total. The lowest BCUT2D eigenvalue weighted by Gasteiger charge is -2.27. The van der Waals surface area contributed by atoms with E-state index in [-0.39, 0.29) is 5.41 Å². The molecule has 0 unspecified atom stereocenters. The fourth-order valence-electron chi connectivity index (χ4n) is 2.85. The van der Waals surface area contributed by atoms with Crippen LogP contribution in [-0.2, 0) is 24.8 Å². The van der Waals surface area contributed by atoms with Crippen molar-refractivity contribution < 1.29 is 0 Å². The molecule has 0 amide bonds. The molecule has 1 aromatic carbocycles. The van der Waals surface area contributed by atoms with Crippen LogP contribution >= 0.6 is 0 Å². The van der Waals surface area contributed by atoms with Crippen molar-refractivity contribution in [2.45, 2.75) is 52.5 Å². The number of rotatable bonds is 8. The highest BCUT2D eigenvalue weighted by Gasteiger charge is 2.20. The van der Waals surface area contributed by atoms with Crippen molar-refractivity contribution in [3.63, 3.8) is 0 Å². The van der Waals surface area contributed by atoms with E-state index in [2.05, 4.69) is 82.4 Å². The van der Waals surface area contributed by atoms with Crippen molar-refractivity contribution in [2.75, 3.05) is 20.1 Å². The number of aromatic nitrogens is 3. The molecule has 2 aromatic rings. The van der Waals surface area contributed by atoms with E-state index in [1.165, 1.54) is 11.1 Å². The van der Waals surface area contributed by atoms with Crippen LogP contribution in [0.15, 0.2) is 35.6 Å². The van der Waals surface area contributed by atoms with Crippen molar-refractivity contribution in [1.82, 2.24) is 25.4 Å². The van der Waals surface area contributed by atoms with Gasteiger partial charge >= 0.3 is 0 Å². The summed E-state index contributed by atoms with van der Waals surface area (Å²) in [6, 6.07) is 8.90. The molecule has 0 bridgehead atoms. The van der Waals surface area contributed by atoms with E-state index in [0.717, 1.165) is 44.3 Å². The molecular formula is C20H32N6. The van der Waals surface area contributed by atoms with Crippen LogP contribution in [0.3, 0.4) is 0 Å². The molecule has 0 saturated carbocycles. The Morgan fingerprint density at radius 2 is 1.85 bits per heavy atom. The van der Waals surface area contributed by atoms with E-state index in [4.69, 9.17) is 0 Å². The van der Waals surface area contributed by atoms with E-state index >= 15 is 0 Å². The van der Waals surface area contributed by atoms with Gasteiger partial charge in [-0.25, -0.2) is 0 Å². The summed E-state index contributed by atoms with van der Waals surface area (Å²) in [5, 5.41) is 14.9. The molecular weight excluding hydrogens is 324 g/mol. The summed E-state index contributed by atoms with van der Waals surface area (Å²) >= 11 is 0. The molecule has 2 N–H and O–H groups in total. The van der Waals surface area contributed by atoms with Crippen LogP contribution in [0.4, 0.5) is 0 Å². The Bertz CT molecular complexity index is 699. The summed E-state index contributed by atoms with van der Waals surface area (Å²) in [7, 11) is 1.80. The van der Waals surface area contributed by atoms with Crippen molar-refractivity contribution in [2.24, 2.45) is 4.99 Å². The summed E-state index contributed by atoms with van der Waals surface area (Å²) in [4.78, 5) is 4.33. The lowest BCUT2D eigenvalue weighted by molar-refractivity contribution is 0.507. The molecule has 0 saturated heterocycles. The molecule has 1 heterocycles. The summed E-state index contributed by atoms with van der Waals surface area (Å²) in [6.45, 7) is 11.2. The number of hydrogen-bond acceptors (Lipinski definition) is 3. The van der Waals surface area contributed by atoms with E-state index in [1.807, 2.05) is 0 Å². The van der Waals surface area contributed by atoms with Crippen LogP contribution in [0.25, 0.3) is 0 Å². The number of benzene rings is 1. The summed E-state index contributed by atoms with van der Waals surface area (Å²) < 4.78 is 2.07. The maximum absolute atomic E-state index is 4.33. The first-order chi connectivity index (χ1) is 12.5. The second-order valence-electron chi connectivity index (χ2n) is 7.08. The normalized spacial score (nSPS) is 12.3. The SMILES string of the molecule is CCc1ccc(C(C)(C)CNC(=NC)NCCn2cnnc2CC)cc1. The molecule has 2 rings (SSSR count). The Morgan fingerprint density at radius 3 is 2.46 bits per heavy atom. The number of hydrogen-bond donors (Lipinski definition) is 2. The Labute approximate surface area is 157 Å². The van der Waals surface area contributed by atoms with E-state index < -0.39 is 0 Å². The largest absolute Gasteiger partial charge is 0.356 e. The van der Waals surface area contributed by atoms with Crippen LogP contribution < -0.4 is 10.6 Å². The average molecular weight is 357 g/mol. The topological polar surface area (TPSA) is 67.1 Å². The fraction of sp³-hybridized carbons (Fsp3) is 0.550. The highest BCUT2D eigenvalue weighted by atomic mass is 15.3. The second kappa shape index (κ2) is 9.36. The van der Waals surface area contributed by atoms with Crippen LogP contribution in [-0.4, -0.2) is 40.9 Å². The molecule has 0 aliphatic carbocycles. The minimum atomic E-state index is 0.0214. The van der Waals surface area contributed by atoms with E-state index in [0.29, 0.717) is 0 Å². The zero-order valence-electron chi connectivity index (χ0n) is 16.7. The second-order valence-corrected chi connectivity index (χ2v) is 7.08. The van der Waals surface area contributed by atoms with Crippen molar-refractivity contribution in [3.8, 4) is 0 Å².